The normalized spacial score (nSPS) is 30.5. The molecule has 23 heavy (non-hydrogen) atoms. The van der Waals surface area contributed by atoms with Gasteiger partial charge in [0, 0.05) is 11.3 Å². The van der Waals surface area contributed by atoms with Gasteiger partial charge in [-0.2, -0.15) is 0 Å². The van der Waals surface area contributed by atoms with Crippen LogP contribution in [0.1, 0.15) is 46.0 Å². The molecule has 0 radical (unpaired) electrons. The zero-order chi connectivity index (χ0) is 17.1. The lowest BCUT2D eigenvalue weighted by molar-refractivity contribution is 0.513. The molecule has 2 bridgehead atoms. The van der Waals surface area contributed by atoms with Crippen molar-refractivity contribution in [3.05, 3.63) is 23.6 Å². The first-order valence-corrected chi connectivity index (χ1v) is 12.0. The van der Waals surface area contributed by atoms with Gasteiger partial charge in [-0.15, -0.1) is 0 Å². The Morgan fingerprint density at radius 3 is 2.22 bits per heavy atom. The predicted octanol–water partition coefficient (Wildman–Crippen LogP) is 3.12. The van der Waals surface area contributed by atoms with E-state index in [4.69, 9.17) is 0 Å². The van der Waals surface area contributed by atoms with Crippen molar-refractivity contribution in [1.29, 1.82) is 0 Å². The fourth-order valence-electron chi connectivity index (χ4n) is 3.68. The van der Waals surface area contributed by atoms with E-state index >= 15 is 0 Å². The van der Waals surface area contributed by atoms with Gasteiger partial charge < -0.3 is 0 Å². The van der Waals surface area contributed by atoms with Crippen LogP contribution in [0.5, 0.6) is 0 Å². The fourth-order valence-corrected chi connectivity index (χ4v) is 7.40. The van der Waals surface area contributed by atoms with Crippen LogP contribution in [0.25, 0.3) is 0 Å². The van der Waals surface area contributed by atoms with Crippen molar-refractivity contribution in [2.45, 2.75) is 51.2 Å². The summed E-state index contributed by atoms with van der Waals surface area (Å²) in [4.78, 5) is 0. The number of unbranched alkanes of at least 4 members (excludes halogenated alkanes) is 2. The van der Waals surface area contributed by atoms with E-state index < -0.39 is 24.9 Å². The number of allylic oxidation sites excluding steroid dienone is 3. The Labute approximate surface area is 140 Å². The Morgan fingerprint density at radius 1 is 0.957 bits per heavy atom. The Balaban J connectivity index is 2.18. The third kappa shape index (κ3) is 4.47. The van der Waals surface area contributed by atoms with Crippen LogP contribution < -0.4 is 0 Å². The third-order valence-electron chi connectivity index (χ3n) is 4.93. The summed E-state index contributed by atoms with van der Waals surface area (Å²) in [5, 5.41) is 0.825. The van der Waals surface area contributed by atoms with Crippen molar-refractivity contribution in [2.24, 2.45) is 17.8 Å². The van der Waals surface area contributed by atoms with Crippen molar-refractivity contribution >= 4 is 19.7 Å². The Morgan fingerprint density at radius 2 is 1.57 bits per heavy atom. The highest BCUT2D eigenvalue weighted by Crippen LogP contribution is 2.48. The van der Waals surface area contributed by atoms with Gasteiger partial charge in [-0.05, 0) is 31.1 Å². The fraction of sp³-hybridized carbons (Fsp3) is 0.765. The molecule has 2 rings (SSSR count). The van der Waals surface area contributed by atoms with Gasteiger partial charge in [0.05, 0.1) is 16.8 Å². The minimum absolute atomic E-state index is 0.0508. The third-order valence-corrected chi connectivity index (χ3v) is 8.71. The van der Waals surface area contributed by atoms with Crippen molar-refractivity contribution in [3.63, 3.8) is 0 Å². The molecule has 1 saturated carbocycles. The monoisotopic (exact) mass is 360 g/mol. The van der Waals surface area contributed by atoms with E-state index in [1.54, 1.807) is 6.08 Å². The molecule has 4 nitrogen and oxygen atoms in total. The number of hydrogen-bond donors (Lipinski definition) is 0. The van der Waals surface area contributed by atoms with E-state index in [9.17, 15) is 16.8 Å². The van der Waals surface area contributed by atoms with Crippen LogP contribution in [-0.4, -0.2) is 33.6 Å². The second-order valence-electron chi connectivity index (χ2n) is 6.76. The molecule has 2 aliphatic carbocycles. The van der Waals surface area contributed by atoms with E-state index in [1.807, 2.05) is 19.9 Å². The zero-order valence-electron chi connectivity index (χ0n) is 14.0. The summed E-state index contributed by atoms with van der Waals surface area (Å²) in [6, 6.07) is 0. The molecule has 2 aliphatic rings. The summed E-state index contributed by atoms with van der Waals surface area (Å²) in [5.41, 5.74) is 0. The van der Waals surface area contributed by atoms with Crippen LogP contribution in [0.2, 0.25) is 0 Å². The van der Waals surface area contributed by atoms with E-state index in [0.717, 1.165) is 19.3 Å². The van der Waals surface area contributed by atoms with Gasteiger partial charge in [-0.1, -0.05) is 44.9 Å². The molecule has 0 aromatic carbocycles. The summed E-state index contributed by atoms with van der Waals surface area (Å²) in [7, 11) is -6.42. The van der Waals surface area contributed by atoms with Gasteiger partial charge in [0.15, 0.2) is 19.7 Å². The van der Waals surface area contributed by atoms with E-state index in [-0.39, 0.29) is 29.3 Å². The molecule has 0 aromatic heterocycles. The average Bonchev–Trinajstić information content (AvgIpc) is 3.10. The Hall–Kier alpha value is -0.620. The van der Waals surface area contributed by atoms with Crippen molar-refractivity contribution in [3.8, 4) is 0 Å². The molecule has 6 heteroatoms. The van der Waals surface area contributed by atoms with Crippen molar-refractivity contribution in [1.82, 2.24) is 0 Å². The first-order chi connectivity index (χ1) is 10.8. The highest BCUT2D eigenvalue weighted by atomic mass is 32.2. The first-order valence-electron chi connectivity index (χ1n) is 8.61. The highest BCUT2D eigenvalue weighted by molar-refractivity contribution is 7.94. The van der Waals surface area contributed by atoms with Gasteiger partial charge in [0.25, 0.3) is 0 Å². The molecular formula is C17H28O4S2. The number of rotatable bonds is 9. The molecule has 0 N–H and O–H groups in total. The molecule has 1 fully saturated rings. The standard InChI is InChI=1S/C17H28O4S2/c1-3-5-10-22(18,19)12-9-16-14-7-8-15(13-14)17(16)23(20,21)11-6-4-2/h7-9,12,14-17H,3-6,10-11,13H2,1-2H3/b12-9-/t14-,15-,16+,17-/m0/s1. The molecule has 0 unspecified atom stereocenters. The topological polar surface area (TPSA) is 68.3 Å². The molecule has 0 heterocycles. The molecule has 132 valence electrons. The summed E-state index contributed by atoms with van der Waals surface area (Å²) >= 11 is 0. The molecule has 4 atom stereocenters. The molecule has 0 saturated heterocycles. The largest absolute Gasteiger partial charge is 0.229 e. The van der Waals surface area contributed by atoms with Crippen LogP contribution in [0.15, 0.2) is 23.6 Å². The molecule has 0 aromatic rings. The lowest BCUT2D eigenvalue weighted by atomic mass is 9.93. The summed E-state index contributed by atoms with van der Waals surface area (Å²) in [5.74, 6) is 0.374. The van der Waals surface area contributed by atoms with E-state index in [0.29, 0.717) is 12.8 Å². The predicted molar refractivity (Wildman–Crippen MR) is 94.5 cm³/mol. The van der Waals surface area contributed by atoms with Gasteiger partial charge >= 0.3 is 0 Å². The summed E-state index contributed by atoms with van der Waals surface area (Å²) in [6.07, 6.45) is 9.55. The Bertz CT molecular complexity index is 659. The SMILES string of the molecule is CCCCS(=O)(=O)/C=C\[C@H]1[C@@H](S(=O)(=O)CCCC)[C@H]2C=C[C@H]1C2. The van der Waals surface area contributed by atoms with Gasteiger partial charge in [-0.3, -0.25) is 0 Å². The minimum atomic E-state index is -3.23. The molecular weight excluding hydrogens is 332 g/mol. The number of fused-ring (bicyclic) bond motifs is 2. The van der Waals surface area contributed by atoms with Crippen LogP contribution in [0.3, 0.4) is 0 Å². The van der Waals surface area contributed by atoms with Crippen LogP contribution in [0, 0.1) is 17.8 Å². The number of sulfone groups is 2. The average molecular weight is 361 g/mol. The maximum absolute atomic E-state index is 12.7. The summed E-state index contributed by atoms with van der Waals surface area (Å²) in [6.45, 7) is 3.93. The maximum atomic E-state index is 12.7. The molecule has 0 aliphatic heterocycles. The minimum Gasteiger partial charge on any atom is -0.229 e. The smallest absolute Gasteiger partial charge is 0.171 e. The van der Waals surface area contributed by atoms with Crippen LogP contribution >= 0.6 is 0 Å². The zero-order valence-corrected chi connectivity index (χ0v) is 15.7. The molecule has 0 spiro atoms. The van der Waals surface area contributed by atoms with E-state index in [2.05, 4.69) is 6.08 Å². The van der Waals surface area contributed by atoms with Crippen LogP contribution in [-0.2, 0) is 19.7 Å². The Kier molecular flexibility index (Phi) is 6.11. The van der Waals surface area contributed by atoms with Crippen molar-refractivity contribution in [2.75, 3.05) is 11.5 Å². The van der Waals surface area contributed by atoms with E-state index in [1.165, 1.54) is 5.41 Å². The van der Waals surface area contributed by atoms with Gasteiger partial charge in [0.1, 0.15) is 0 Å². The highest BCUT2D eigenvalue weighted by Gasteiger charge is 2.49. The quantitative estimate of drug-likeness (QED) is 0.593. The lowest BCUT2D eigenvalue weighted by Gasteiger charge is -2.25. The van der Waals surface area contributed by atoms with Crippen LogP contribution in [0.4, 0.5) is 0 Å². The molecule has 0 amide bonds. The second kappa shape index (κ2) is 7.51. The van der Waals surface area contributed by atoms with Crippen molar-refractivity contribution < 1.29 is 16.8 Å². The number of hydrogen-bond acceptors (Lipinski definition) is 4. The van der Waals surface area contributed by atoms with Gasteiger partial charge in [0.2, 0.25) is 0 Å². The lowest BCUT2D eigenvalue weighted by Crippen LogP contribution is -2.34. The summed E-state index contributed by atoms with van der Waals surface area (Å²) < 4.78 is 49.4. The van der Waals surface area contributed by atoms with Gasteiger partial charge in [-0.25, -0.2) is 16.8 Å². The second-order valence-corrected chi connectivity index (χ2v) is 11.0. The first kappa shape index (κ1) is 18.7. The maximum Gasteiger partial charge on any atom is 0.171 e.